The maximum Gasteiger partial charge on any atom is 0.132 e. The molecule has 1 saturated carbocycles. The maximum absolute atomic E-state index is 13.8. The molecule has 0 unspecified atom stereocenters. The lowest BCUT2D eigenvalue weighted by atomic mass is 10.1. The monoisotopic (exact) mass is 242 g/mol. The van der Waals surface area contributed by atoms with Crippen LogP contribution >= 0.6 is 0 Å². The van der Waals surface area contributed by atoms with Crippen LogP contribution in [0.15, 0.2) is 30.6 Å². The number of benzene rings is 1. The van der Waals surface area contributed by atoms with Gasteiger partial charge in [0.05, 0.1) is 17.6 Å². The molecule has 1 heterocycles. The summed E-state index contributed by atoms with van der Waals surface area (Å²) >= 11 is 0. The van der Waals surface area contributed by atoms with Gasteiger partial charge < -0.3 is 0 Å². The molecular weight excluding hydrogens is 227 g/mol. The quantitative estimate of drug-likeness (QED) is 0.819. The molecule has 1 aromatic heterocycles. The molecule has 0 amide bonds. The van der Waals surface area contributed by atoms with Gasteiger partial charge in [-0.3, -0.25) is 9.97 Å². The highest BCUT2D eigenvalue weighted by molar-refractivity contribution is 5.60. The predicted molar refractivity (Wildman–Crippen MR) is 68.8 cm³/mol. The molecule has 1 aromatic carbocycles. The molecule has 0 bridgehead atoms. The summed E-state index contributed by atoms with van der Waals surface area (Å²) in [6.07, 6.45) is 6.76. The molecule has 3 heteroatoms. The number of nitrogens with zero attached hydrogens (tertiary/aromatic N) is 2. The Balaban J connectivity index is 1.97. The lowest BCUT2D eigenvalue weighted by Crippen LogP contribution is -1.94. The Hall–Kier alpha value is -1.77. The van der Waals surface area contributed by atoms with Gasteiger partial charge in [0.25, 0.3) is 0 Å². The fraction of sp³-hybridized carbons (Fsp3) is 0.333. The average Bonchev–Trinajstić information content (AvgIpc) is 3.24. The molecule has 92 valence electrons. The van der Waals surface area contributed by atoms with Crippen LogP contribution in [0.3, 0.4) is 0 Å². The molecule has 0 N–H and O–H groups in total. The SMILES string of the molecule is CCc1ccc(F)c(-c2cnc(C3CC3)cn2)c1. The van der Waals surface area contributed by atoms with Crippen LogP contribution < -0.4 is 0 Å². The van der Waals surface area contributed by atoms with Crippen LogP contribution in [0.4, 0.5) is 4.39 Å². The number of aryl methyl sites for hydroxylation is 1. The molecule has 2 aromatic rings. The first-order valence-electron chi connectivity index (χ1n) is 6.38. The van der Waals surface area contributed by atoms with Gasteiger partial charge >= 0.3 is 0 Å². The van der Waals surface area contributed by atoms with Gasteiger partial charge in [-0.15, -0.1) is 0 Å². The molecule has 0 spiro atoms. The summed E-state index contributed by atoms with van der Waals surface area (Å²) in [6, 6.07) is 5.17. The third-order valence-corrected chi connectivity index (χ3v) is 3.38. The molecule has 0 radical (unpaired) electrons. The maximum atomic E-state index is 13.8. The summed E-state index contributed by atoms with van der Waals surface area (Å²) < 4.78 is 13.8. The summed E-state index contributed by atoms with van der Waals surface area (Å²) in [4.78, 5) is 8.73. The van der Waals surface area contributed by atoms with Crippen molar-refractivity contribution < 1.29 is 4.39 Å². The van der Waals surface area contributed by atoms with E-state index in [0.29, 0.717) is 17.2 Å². The highest BCUT2D eigenvalue weighted by atomic mass is 19.1. The topological polar surface area (TPSA) is 25.8 Å². The molecule has 18 heavy (non-hydrogen) atoms. The lowest BCUT2D eigenvalue weighted by Gasteiger charge is -2.05. The van der Waals surface area contributed by atoms with E-state index in [9.17, 15) is 4.39 Å². The molecule has 3 rings (SSSR count). The first kappa shape index (κ1) is 11.3. The molecular formula is C15H15FN2. The minimum Gasteiger partial charge on any atom is -0.257 e. The zero-order valence-corrected chi connectivity index (χ0v) is 10.4. The molecule has 0 aliphatic heterocycles. The molecule has 0 atom stereocenters. The summed E-state index contributed by atoms with van der Waals surface area (Å²) in [5.74, 6) is 0.346. The van der Waals surface area contributed by atoms with Crippen molar-refractivity contribution in [2.75, 3.05) is 0 Å². The van der Waals surface area contributed by atoms with Gasteiger partial charge in [-0.05, 0) is 37.0 Å². The van der Waals surface area contributed by atoms with Crippen LogP contribution in [0.1, 0.15) is 36.9 Å². The van der Waals surface area contributed by atoms with E-state index in [1.54, 1.807) is 12.4 Å². The fourth-order valence-corrected chi connectivity index (χ4v) is 2.06. The van der Waals surface area contributed by atoms with E-state index in [1.807, 2.05) is 12.1 Å². The van der Waals surface area contributed by atoms with Crippen molar-refractivity contribution in [3.05, 3.63) is 47.7 Å². The zero-order chi connectivity index (χ0) is 12.5. The Kier molecular flexibility index (Phi) is 2.82. The number of rotatable bonds is 3. The second-order valence-electron chi connectivity index (χ2n) is 4.77. The van der Waals surface area contributed by atoms with E-state index in [2.05, 4.69) is 16.9 Å². The van der Waals surface area contributed by atoms with Gasteiger partial charge in [0.2, 0.25) is 0 Å². The minimum absolute atomic E-state index is 0.235. The van der Waals surface area contributed by atoms with Crippen molar-refractivity contribution >= 4 is 0 Å². The fourth-order valence-electron chi connectivity index (χ4n) is 2.06. The van der Waals surface area contributed by atoms with Crippen LogP contribution in [0.25, 0.3) is 11.3 Å². The van der Waals surface area contributed by atoms with Crippen LogP contribution in [0.2, 0.25) is 0 Å². The molecule has 0 saturated heterocycles. The largest absolute Gasteiger partial charge is 0.257 e. The Morgan fingerprint density at radius 2 is 2.06 bits per heavy atom. The van der Waals surface area contributed by atoms with Crippen LogP contribution in [-0.2, 0) is 6.42 Å². The number of halogens is 1. The lowest BCUT2D eigenvalue weighted by molar-refractivity contribution is 0.630. The number of aromatic nitrogens is 2. The van der Waals surface area contributed by atoms with Crippen molar-refractivity contribution in [2.45, 2.75) is 32.1 Å². The van der Waals surface area contributed by atoms with Gasteiger partial charge in [0.15, 0.2) is 0 Å². The second kappa shape index (κ2) is 4.48. The van der Waals surface area contributed by atoms with Crippen LogP contribution in [-0.4, -0.2) is 9.97 Å². The van der Waals surface area contributed by atoms with Gasteiger partial charge in [-0.2, -0.15) is 0 Å². The Morgan fingerprint density at radius 1 is 1.22 bits per heavy atom. The van der Waals surface area contributed by atoms with E-state index in [4.69, 9.17) is 0 Å². The Bertz CT molecular complexity index is 559. The first-order chi connectivity index (χ1) is 8.78. The van der Waals surface area contributed by atoms with Crippen LogP contribution in [0, 0.1) is 5.82 Å². The third kappa shape index (κ3) is 2.13. The van der Waals surface area contributed by atoms with Crippen molar-refractivity contribution in [3.8, 4) is 11.3 Å². The van der Waals surface area contributed by atoms with Crippen molar-refractivity contribution in [1.82, 2.24) is 9.97 Å². The third-order valence-electron chi connectivity index (χ3n) is 3.38. The molecule has 2 nitrogen and oxygen atoms in total. The van der Waals surface area contributed by atoms with Crippen molar-refractivity contribution in [2.24, 2.45) is 0 Å². The Morgan fingerprint density at radius 3 is 2.67 bits per heavy atom. The minimum atomic E-state index is -0.235. The number of hydrogen-bond acceptors (Lipinski definition) is 2. The summed E-state index contributed by atoms with van der Waals surface area (Å²) in [5.41, 5.74) is 3.31. The van der Waals surface area contributed by atoms with Gasteiger partial charge in [-0.25, -0.2) is 4.39 Å². The van der Waals surface area contributed by atoms with Gasteiger partial charge in [0, 0.05) is 17.7 Å². The van der Waals surface area contributed by atoms with E-state index < -0.39 is 0 Å². The van der Waals surface area contributed by atoms with E-state index >= 15 is 0 Å². The van der Waals surface area contributed by atoms with Crippen LogP contribution in [0.5, 0.6) is 0 Å². The first-order valence-corrected chi connectivity index (χ1v) is 6.38. The van der Waals surface area contributed by atoms with E-state index in [0.717, 1.165) is 17.7 Å². The molecule has 1 aliphatic carbocycles. The standard InChI is InChI=1S/C15H15FN2/c1-2-10-3-6-13(16)12(7-10)15-9-17-14(8-18-15)11-4-5-11/h3,6-9,11H,2,4-5H2,1H3. The highest BCUT2D eigenvalue weighted by Crippen LogP contribution is 2.38. The highest BCUT2D eigenvalue weighted by Gasteiger charge is 2.25. The van der Waals surface area contributed by atoms with Crippen molar-refractivity contribution in [1.29, 1.82) is 0 Å². The molecule has 1 fully saturated rings. The van der Waals surface area contributed by atoms with Gasteiger partial charge in [-0.1, -0.05) is 13.0 Å². The smallest absolute Gasteiger partial charge is 0.132 e. The summed E-state index contributed by atoms with van der Waals surface area (Å²) in [7, 11) is 0. The predicted octanol–water partition coefficient (Wildman–Crippen LogP) is 3.72. The Labute approximate surface area is 106 Å². The van der Waals surface area contributed by atoms with Crippen molar-refractivity contribution in [3.63, 3.8) is 0 Å². The second-order valence-corrected chi connectivity index (χ2v) is 4.77. The average molecular weight is 242 g/mol. The summed E-state index contributed by atoms with van der Waals surface area (Å²) in [5, 5.41) is 0. The summed E-state index contributed by atoms with van der Waals surface area (Å²) in [6.45, 7) is 2.05. The van der Waals surface area contributed by atoms with Gasteiger partial charge in [0.1, 0.15) is 5.82 Å². The molecule has 1 aliphatic rings. The van der Waals surface area contributed by atoms with E-state index in [-0.39, 0.29) is 5.82 Å². The normalized spacial score (nSPS) is 14.8. The van der Waals surface area contributed by atoms with E-state index in [1.165, 1.54) is 18.9 Å². The number of hydrogen-bond donors (Lipinski definition) is 0. The zero-order valence-electron chi connectivity index (χ0n) is 10.4.